The lowest BCUT2D eigenvalue weighted by Crippen LogP contribution is -2.45. The Balaban J connectivity index is 1.53. The Hall–Kier alpha value is -2.90. The molecule has 2 N–H and O–H groups in total. The number of rotatable bonds is 7. The normalized spacial score (nSPS) is 30.2. The van der Waals surface area contributed by atoms with Crippen molar-refractivity contribution in [1.29, 1.82) is 0 Å². The molecule has 3 nitrogen and oxygen atoms in total. The van der Waals surface area contributed by atoms with E-state index in [1.165, 1.54) is 16.7 Å². The van der Waals surface area contributed by atoms with E-state index >= 15 is 0 Å². The van der Waals surface area contributed by atoms with Gasteiger partial charge in [0.15, 0.2) is 0 Å². The summed E-state index contributed by atoms with van der Waals surface area (Å²) >= 11 is 0. The zero-order valence-corrected chi connectivity index (χ0v) is 28.2. The van der Waals surface area contributed by atoms with Crippen molar-refractivity contribution in [3.63, 3.8) is 0 Å². The van der Waals surface area contributed by atoms with Crippen LogP contribution in [0.25, 0.3) is 0 Å². The van der Waals surface area contributed by atoms with Gasteiger partial charge in [-0.05, 0) is 89.0 Å². The summed E-state index contributed by atoms with van der Waals surface area (Å²) in [5, 5.41) is 20.5. The largest absolute Gasteiger partial charge is 0.393 e. The van der Waals surface area contributed by atoms with Gasteiger partial charge in [-0.15, -0.1) is 0 Å². The number of ether oxygens (including phenoxy) is 1. The average molecular weight is 583 g/mol. The lowest BCUT2D eigenvalue weighted by Gasteiger charge is -2.44. The maximum Gasteiger partial charge on any atom is 0.0982 e. The third-order valence-electron chi connectivity index (χ3n) is 8.85. The molecule has 0 aromatic carbocycles. The Labute approximate surface area is 261 Å². The zero-order chi connectivity index (χ0) is 32.0. The van der Waals surface area contributed by atoms with Gasteiger partial charge < -0.3 is 14.9 Å². The Bertz CT molecular complexity index is 1390. The van der Waals surface area contributed by atoms with Crippen LogP contribution in [-0.2, 0) is 4.74 Å². The highest BCUT2D eigenvalue weighted by Gasteiger charge is 2.50. The summed E-state index contributed by atoms with van der Waals surface area (Å²) in [6.07, 6.45) is 25.4. The van der Waals surface area contributed by atoms with E-state index in [9.17, 15) is 10.2 Å². The molecule has 4 atom stereocenters. The topological polar surface area (TPSA) is 49.7 Å². The second kappa shape index (κ2) is 14.3. The van der Waals surface area contributed by atoms with Crippen molar-refractivity contribution in [2.24, 2.45) is 10.8 Å². The maximum atomic E-state index is 10.4. The minimum Gasteiger partial charge on any atom is -0.393 e. The van der Waals surface area contributed by atoms with Crippen LogP contribution in [0.1, 0.15) is 94.9 Å². The molecule has 232 valence electrons. The molecule has 0 saturated heterocycles. The third kappa shape index (κ3) is 9.54. The molecule has 2 aliphatic carbocycles. The monoisotopic (exact) mass is 582 g/mol. The molecule has 43 heavy (non-hydrogen) atoms. The van der Waals surface area contributed by atoms with Gasteiger partial charge in [0.25, 0.3) is 0 Å². The van der Waals surface area contributed by atoms with Crippen molar-refractivity contribution in [2.45, 2.75) is 119 Å². The molecule has 3 aliphatic rings. The SMILES string of the molecule is CC1=C(C#C/C(C)=C/C=C/C(C)=C/C=C/C=C(C)/C=C/C=C(\C)[C@@H]2C=C3C(C)(C)C[C@H](O)C[C@@]3(C)O2)C(C)(C)C[C@H](O)C1. The Morgan fingerprint density at radius 2 is 1.37 bits per heavy atom. The van der Waals surface area contributed by atoms with Gasteiger partial charge in [-0.25, -0.2) is 0 Å². The molecule has 1 heterocycles. The van der Waals surface area contributed by atoms with Crippen LogP contribution in [0.15, 0.2) is 106 Å². The summed E-state index contributed by atoms with van der Waals surface area (Å²) in [5.41, 5.74) is 7.67. The molecule has 1 fully saturated rings. The van der Waals surface area contributed by atoms with Gasteiger partial charge in [-0.3, -0.25) is 0 Å². The summed E-state index contributed by atoms with van der Waals surface area (Å²) < 4.78 is 6.46. The number of aliphatic hydroxyl groups excluding tert-OH is 2. The molecule has 0 aromatic rings. The fourth-order valence-electron chi connectivity index (χ4n) is 6.84. The Kier molecular flexibility index (Phi) is 11.5. The van der Waals surface area contributed by atoms with Crippen molar-refractivity contribution < 1.29 is 14.9 Å². The number of fused-ring (bicyclic) bond motifs is 1. The molecule has 1 saturated carbocycles. The molecule has 3 heteroatoms. The van der Waals surface area contributed by atoms with Crippen molar-refractivity contribution >= 4 is 0 Å². The lowest BCUT2D eigenvalue weighted by atomic mass is 9.65. The number of aliphatic hydroxyl groups is 2. The van der Waals surface area contributed by atoms with Gasteiger partial charge in [0.05, 0.1) is 23.9 Å². The first-order chi connectivity index (χ1) is 20.0. The van der Waals surface area contributed by atoms with Gasteiger partial charge in [0, 0.05) is 17.4 Å². The molecular weight excluding hydrogens is 528 g/mol. The van der Waals surface area contributed by atoms with E-state index in [2.05, 4.69) is 129 Å². The van der Waals surface area contributed by atoms with Crippen LogP contribution >= 0.6 is 0 Å². The van der Waals surface area contributed by atoms with Crippen LogP contribution in [-0.4, -0.2) is 34.1 Å². The van der Waals surface area contributed by atoms with Gasteiger partial charge in [0.1, 0.15) is 0 Å². The Morgan fingerprint density at radius 3 is 1.98 bits per heavy atom. The molecule has 0 unspecified atom stereocenters. The van der Waals surface area contributed by atoms with E-state index in [0.29, 0.717) is 6.42 Å². The minimum absolute atomic E-state index is 0.0498. The molecule has 0 spiro atoms. The molecule has 1 aliphatic heterocycles. The van der Waals surface area contributed by atoms with Gasteiger partial charge in [-0.2, -0.15) is 0 Å². The fraction of sp³-hybridized carbons (Fsp3) is 0.500. The quantitative estimate of drug-likeness (QED) is 0.179. The first-order valence-corrected chi connectivity index (χ1v) is 15.7. The van der Waals surface area contributed by atoms with E-state index in [1.807, 2.05) is 19.1 Å². The first kappa shape index (κ1) is 34.6. The van der Waals surface area contributed by atoms with E-state index in [4.69, 9.17) is 4.74 Å². The first-order valence-electron chi connectivity index (χ1n) is 15.7. The number of allylic oxidation sites excluding steroid dienone is 14. The summed E-state index contributed by atoms with van der Waals surface area (Å²) in [6, 6.07) is 0. The maximum absolute atomic E-state index is 10.4. The lowest BCUT2D eigenvalue weighted by molar-refractivity contribution is -0.0683. The predicted octanol–water partition coefficient (Wildman–Crippen LogP) is 9.21. The van der Waals surface area contributed by atoms with Crippen molar-refractivity contribution in [3.8, 4) is 11.8 Å². The molecule has 0 radical (unpaired) electrons. The second-order valence-electron chi connectivity index (χ2n) is 14.3. The average Bonchev–Trinajstić information content (AvgIpc) is 3.23. The second-order valence-corrected chi connectivity index (χ2v) is 14.3. The smallest absolute Gasteiger partial charge is 0.0982 e. The van der Waals surface area contributed by atoms with Crippen LogP contribution in [0.3, 0.4) is 0 Å². The van der Waals surface area contributed by atoms with E-state index < -0.39 is 0 Å². The van der Waals surface area contributed by atoms with Crippen LogP contribution in [0.2, 0.25) is 0 Å². The van der Waals surface area contributed by atoms with Crippen LogP contribution in [0, 0.1) is 22.7 Å². The van der Waals surface area contributed by atoms with Gasteiger partial charge in [-0.1, -0.05) is 117 Å². The van der Waals surface area contributed by atoms with Crippen molar-refractivity contribution in [2.75, 3.05) is 0 Å². The number of hydrogen-bond donors (Lipinski definition) is 2. The summed E-state index contributed by atoms with van der Waals surface area (Å²) in [5.74, 6) is 6.68. The molecular formula is C40H54O3. The highest BCUT2D eigenvalue weighted by molar-refractivity contribution is 5.45. The van der Waals surface area contributed by atoms with Crippen molar-refractivity contribution in [1.82, 2.24) is 0 Å². The summed E-state index contributed by atoms with van der Waals surface area (Å²) in [4.78, 5) is 0. The molecule has 3 rings (SSSR count). The molecule has 0 bridgehead atoms. The minimum atomic E-state index is -0.384. The highest BCUT2D eigenvalue weighted by Crippen LogP contribution is 2.52. The van der Waals surface area contributed by atoms with Crippen LogP contribution in [0.4, 0.5) is 0 Å². The zero-order valence-electron chi connectivity index (χ0n) is 28.2. The van der Waals surface area contributed by atoms with Gasteiger partial charge >= 0.3 is 0 Å². The van der Waals surface area contributed by atoms with E-state index in [1.54, 1.807) is 0 Å². The van der Waals surface area contributed by atoms with Crippen LogP contribution < -0.4 is 0 Å². The number of hydrogen-bond acceptors (Lipinski definition) is 3. The van der Waals surface area contributed by atoms with Crippen LogP contribution in [0.5, 0.6) is 0 Å². The standard InChI is InChI=1S/C40H54O3/c1-28(17-13-18-30(3)21-22-35-32(5)23-33(41)25-38(35,6)7)15-11-12-16-29(2)19-14-20-31(4)36-24-37-39(8,9)26-34(42)27-40(37,10)43-36/h11-20,24,33-34,36,41-42H,23,25-27H2,1-10H3/b12-11+,17-13+,19-14+,28-15+,29-16+,30-18+,31-20+/t33-,34+,36+,40-/m1/s1. The van der Waals surface area contributed by atoms with E-state index in [0.717, 1.165) is 41.6 Å². The highest BCUT2D eigenvalue weighted by atomic mass is 16.5. The molecule has 0 amide bonds. The Morgan fingerprint density at radius 1 is 0.791 bits per heavy atom. The third-order valence-corrected chi connectivity index (χ3v) is 8.85. The summed E-state index contributed by atoms with van der Waals surface area (Å²) in [6.45, 7) is 21.3. The fourth-order valence-corrected chi connectivity index (χ4v) is 6.84. The van der Waals surface area contributed by atoms with Gasteiger partial charge in [0.2, 0.25) is 0 Å². The van der Waals surface area contributed by atoms with E-state index in [-0.39, 0.29) is 34.7 Å². The predicted molar refractivity (Wildman–Crippen MR) is 182 cm³/mol. The summed E-state index contributed by atoms with van der Waals surface area (Å²) in [7, 11) is 0. The van der Waals surface area contributed by atoms with Crippen molar-refractivity contribution in [3.05, 3.63) is 106 Å². The molecule has 0 aromatic heterocycles.